The molecule has 0 aliphatic heterocycles. The summed E-state index contributed by atoms with van der Waals surface area (Å²) in [5, 5.41) is 4.18. The first kappa shape index (κ1) is 9.69. The molecule has 0 saturated carbocycles. The maximum absolute atomic E-state index is 5.86. The molecule has 0 spiro atoms. The van der Waals surface area contributed by atoms with Gasteiger partial charge in [-0.05, 0) is 35.4 Å². The van der Waals surface area contributed by atoms with E-state index in [1.165, 1.54) is 5.56 Å². The smallest absolute Gasteiger partial charge is 0.0653 e. The van der Waals surface area contributed by atoms with Gasteiger partial charge in [0.25, 0.3) is 0 Å². The van der Waals surface area contributed by atoms with Gasteiger partial charge >= 0.3 is 0 Å². The third kappa shape index (κ3) is 1.81. The molecule has 0 bridgehead atoms. The average Bonchev–Trinajstić information content (AvgIpc) is 2.70. The van der Waals surface area contributed by atoms with E-state index in [1.54, 1.807) is 11.3 Å². The number of nitrogens with zero attached hydrogens (tertiary/aromatic N) is 1. The maximum Gasteiger partial charge on any atom is 0.0653 e. The Morgan fingerprint density at radius 2 is 2.21 bits per heavy atom. The first-order valence-corrected chi connectivity index (χ1v) is 5.84. The zero-order chi connectivity index (χ0) is 9.97. The number of aromatic nitrogens is 1. The summed E-state index contributed by atoms with van der Waals surface area (Å²) in [5.41, 5.74) is 4.33. The first-order chi connectivity index (χ1) is 6.81. The Morgan fingerprint density at radius 3 is 2.86 bits per heavy atom. The summed E-state index contributed by atoms with van der Waals surface area (Å²) in [5.74, 6) is 0.465. The van der Waals surface area contributed by atoms with Gasteiger partial charge in [-0.3, -0.25) is 4.98 Å². The van der Waals surface area contributed by atoms with E-state index in [9.17, 15) is 0 Å². The van der Waals surface area contributed by atoms with Crippen LogP contribution >= 0.6 is 22.9 Å². The second-order valence-corrected chi connectivity index (χ2v) is 4.14. The Kier molecular flexibility index (Phi) is 2.85. The van der Waals surface area contributed by atoms with Gasteiger partial charge in [-0.2, -0.15) is 11.3 Å². The van der Waals surface area contributed by atoms with Gasteiger partial charge in [0.1, 0.15) is 0 Å². The molecule has 0 aliphatic carbocycles. The molecule has 0 aliphatic rings. The Balaban J connectivity index is 2.53. The van der Waals surface area contributed by atoms with E-state index in [4.69, 9.17) is 11.6 Å². The quantitative estimate of drug-likeness (QED) is 0.705. The van der Waals surface area contributed by atoms with Crippen LogP contribution in [0.5, 0.6) is 0 Å². The lowest BCUT2D eigenvalue weighted by Gasteiger charge is -2.04. The second kappa shape index (κ2) is 4.11. The predicted molar refractivity (Wildman–Crippen MR) is 61.8 cm³/mol. The number of aryl methyl sites for hydroxylation is 1. The first-order valence-electron chi connectivity index (χ1n) is 4.36. The van der Waals surface area contributed by atoms with Gasteiger partial charge in [-0.1, -0.05) is 6.07 Å². The van der Waals surface area contributed by atoms with Crippen molar-refractivity contribution in [3.8, 4) is 11.1 Å². The van der Waals surface area contributed by atoms with Crippen LogP contribution in [-0.2, 0) is 5.88 Å². The summed E-state index contributed by atoms with van der Waals surface area (Å²) in [6.45, 7) is 1.98. The van der Waals surface area contributed by atoms with Gasteiger partial charge in [0.05, 0.1) is 11.6 Å². The van der Waals surface area contributed by atoms with Crippen LogP contribution in [0.25, 0.3) is 11.1 Å². The van der Waals surface area contributed by atoms with Crippen LogP contribution in [0, 0.1) is 6.92 Å². The van der Waals surface area contributed by atoms with E-state index >= 15 is 0 Å². The number of rotatable bonds is 2. The number of pyridine rings is 1. The molecule has 2 rings (SSSR count). The number of halogens is 1. The normalized spacial score (nSPS) is 10.4. The van der Waals surface area contributed by atoms with Gasteiger partial charge in [-0.25, -0.2) is 0 Å². The minimum atomic E-state index is 0.465. The molecule has 1 nitrogen and oxygen atoms in total. The topological polar surface area (TPSA) is 12.9 Å². The monoisotopic (exact) mass is 223 g/mol. The van der Waals surface area contributed by atoms with Crippen molar-refractivity contribution in [1.82, 2.24) is 4.98 Å². The highest BCUT2D eigenvalue weighted by atomic mass is 35.5. The molecular weight excluding hydrogens is 214 g/mol. The largest absolute Gasteiger partial charge is 0.256 e. The zero-order valence-corrected chi connectivity index (χ0v) is 9.40. The van der Waals surface area contributed by atoms with Crippen molar-refractivity contribution in [3.63, 3.8) is 0 Å². The summed E-state index contributed by atoms with van der Waals surface area (Å²) >= 11 is 7.55. The molecule has 2 aromatic heterocycles. The van der Waals surface area contributed by atoms with E-state index in [0.29, 0.717) is 5.88 Å². The van der Waals surface area contributed by atoms with E-state index in [0.717, 1.165) is 17.0 Å². The third-order valence-electron chi connectivity index (χ3n) is 2.07. The molecule has 0 amide bonds. The molecule has 0 saturated heterocycles. The fourth-order valence-electron chi connectivity index (χ4n) is 1.39. The van der Waals surface area contributed by atoms with Gasteiger partial charge in [0, 0.05) is 11.3 Å². The minimum absolute atomic E-state index is 0.465. The molecule has 0 aromatic carbocycles. The zero-order valence-electron chi connectivity index (χ0n) is 7.83. The SMILES string of the molecule is Cc1ccc(-c2ccsc2)c(CCl)n1. The minimum Gasteiger partial charge on any atom is -0.256 e. The Hall–Kier alpha value is -0.860. The molecule has 2 heterocycles. The lowest BCUT2D eigenvalue weighted by molar-refractivity contribution is 1.11. The van der Waals surface area contributed by atoms with Crippen molar-refractivity contribution < 1.29 is 0 Å². The van der Waals surface area contributed by atoms with Crippen molar-refractivity contribution in [2.45, 2.75) is 12.8 Å². The standard InChI is InChI=1S/C11H10ClNS/c1-8-2-3-10(11(6-12)13-8)9-4-5-14-7-9/h2-5,7H,6H2,1H3. The summed E-state index contributed by atoms with van der Waals surface area (Å²) in [6, 6.07) is 6.19. The van der Waals surface area contributed by atoms with E-state index in [2.05, 4.69) is 27.9 Å². The molecule has 0 atom stereocenters. The highest BCUT2D eigenvalue weighted by Gasteiger charge is 2.05. The number of hydrogen-bond donors (Lipinski definition) is 0. The lowest BCUT2D eigenvalue weighted by atomic mass is 10.1. The number of thiophene rings is 1. The van der Waals surface area contributed by atoms with Crippen LogP contribution in [-0.4, -0.2) is 4.98 Å². The van der Waals surface area contributed by atoms with Gasteiger partial charge < -0.3 is 0 Å². The summed E-state index contributed by atoms with van der Waals surface area (Å²) in [6.07, 6.45) is 0. The van der Waals surface area contributed by atoms with E-state index < -0.39 is 0 Å². The molecule has 0 radical (unpaired) electrons. The van der Waals surface area contributed by atoms with Gasteiger partial charge in [0.2, 0.25) is 0 Å². The Labute approximate surface area is 92.4 Å². The van der Waals surface area contributed by atoms with E-state index in [-0.39, 0.29) is 0 Å². The summed E-state index contributed by atoms with van der Waals surface area (Å²) < 4.78 is 0. The van der Waals surface area contributed by atoms with E-state index in [1.807, 2.05) is 13.0 Å². The molecule has 2 aromatic rings. The number of alkyl halides is 1. The second-order valence-electron chi connectivity index (χ2n) is 3.09. The summed E-state index contributed by atoms with van der Waals surface area (Å²) in [7, 11) is 0. The maximum atomic E-state index is 5.86. The Bertz CT molecular complexity index is 423. The van der Waals surface area contributed by atoms with Crippen molar-refractivity contribution in [1.29, 1.82) is 0 Å². The highest BCUT2D eigenvalue weighted by molar-refractivity contribution is 7.08. The lowest BCUT2D eigenvalue weighted by Crippen LogP contribution is -1.92. The fraction of sp³-hybridized carbons (Fsp3) is 0.182. The molecule has 3 heteroatoms. The number of hydrogen-bond acceptors (Lipinski definition) is 2. The van der Waals surface area contributed by atoms with Crippen LogP contribution in [0.15, 0.2) is 29.0 Å². The molecule has 0 unspecified atom stereocenters. The highest BCUT2D eigenvalue weighted by Crippen LogP contribution is 2.25. The molecule has 0 fully saturated rings. The third-order valence-corrected chi connectivity index (χ3v) is 3.01. The van der Waals surface area contributed by atoms with Crippen LogP contribution in [0.2, 0.25) is 0 Å². The van der Waals surface area contributed by atoms with Crippen LogP contribution < -0.4 is 0 Å². The average molecular weight is 224 g/mol. The van der Waals surface area contributed by atoms with Crippen LogP contribution in [0.3, 0.4) is 0 Å². The van der Waals surface area contributed by atoms with Crippen molar-refractivity contribution >= 4 is 22.9 Å². The van der Waals surface area contributed by atoms with Crippen molar-refractivity contribution in [3.05, 3.63) is 40.3 Å². The molecular formula is C11H10ClNS. The predicted octanol–water partition coefficient (Wildman–Crippen LogP) is 3.86. The summed E-state index contributed by atoms with van der Waals surface area (Å²) in [4.78, 5) is 4.42. The molecule has 0 N–H and O–H groups in total. The van der Waals surface area contributed by atoms with Crippen LogP contribution in [0.4, 0.5) is 0 Å². The fourth-order valence-corrected chi connectivity index (χ4v) is 2.25. The molecule has 72 valence electrons. The molecule has 14 heavy (non-hydrogen) atoms. The van der Waals surface area contributed by atoms with Crippen molar-refractivity contribution in [2.75, 3.05) is 0 Å². The van der Waals surface area contributed by atoms with Crippen molar-refractivity contribution in [2.24, 2.45) is 0 Å². The van der Waals surface area contributed by atoms with Gasteiger partial charge in [-0.15, -0.1) is 11.6 Å². The van der Waals surface area contributed by atoms with Crippen LogP contribution in [0.1, 0.15) is 11.4 Å². The Morgan fingerprint density at radius 1 is 1.36 bits per heavy atom. The van der Waals surface area contributed by atoms with Gasteiger partial charge in [0.15, 0.2) is 0 Å².